The van der Waals surface area contributed by atoms with Crippen LogP contribution in [-0.4, -0.2) is 22.3 Å². The van der Waals surface area contributed by atoms with Gasteiger partial charge in [-0.2, -0.15) is 4.98 Å². The maximum atomic E-state index is 6.01. The molecule has 0 spiro atoms. The van der Waals surface area contributed by atoms with Crippen molar-refractivity contribution < 1.29 is 9.26 Å². The summed E-state index contributed by atoms with van der Waals surface area (Å²) in [7, 11) is 0. The number of aromatic nitrogens is 2. The van der Waals surface area contributed by atoms with Crippen LogP contribution in [0.2, 0.25) is 0 Å². The van der Waals surface area contributed by atoms with Crippen molar-refractivity contribution in [3.63, 3.8) is 0 Å². The lowest BCUT2D eigenvalue weighted by Crippen LogP contribution is -2.35. The van der Waals surface area contributed by atoms with Crippen molar-refractivity contribution in [1.82, 2.24) is 15.5 Å². The predicted octanol–water partition coefficient (Wildman–Crippen LogP) is 3.15. The summed E-state index contributed by atoms with van der Waals surface area (Å²) in [4.78, 5) is 4.56. The Morgan fingerprint density at radius 2 is 1.95 bits per heavy atom. The van der Waals surface area contributed by atoms with Gasteiger partial charge in [-0.1, -0.05) is 24.4 Å². The van der Waals surface area contributed by atoms with Crippen LogP contribution >= 0.6 is 0 Å². The fraction of sp³-hybridized carbons (Fsp3) is 0.867. The molecule has 5 heteroatoms. The van der Waals surface area contributed by atoms with Crippen molar-refractivity contribution in [2.24, 2.45) is 0 Å². The van der Waals surface area contributed by atoms with Crippen LogP contribution in [0.3, 0.4) is 0 Å². The summed E-state index contributed by atoms with van der Waals surface area (Å²) in [5.74, 6) is 1.37. The molecule has 0 bridgehead atoms. The standard InChI is InChI=1S/C15H27N3O2/c1-5-19-15(9-7-6-8-10-15)13-17-12(20-18-13)11-16-14(2,3)4/h16H,5-11H2,1-4H3. The first-order valence-electron chi connectivity index (χ1n) is 7.67. The zero-order valence-corrected chi connectivity index (χ0v) is 13.2. The van der Waals surface area contributed by atoms with E-state index < -0.39 is 0 Å². The second kappa shape index (κ2) is 6.22. The molecular weight excluding hydrogens is 254 g/mol. The Labute approximate surface area is 121 Å². The third-order valence-corrected chi connectivity index (χ3v) is 3.73. The Kier molecular flexibility index (Phi) is 4.81. The lowest BCUT2D eigenvalue weighted by molar-refractivity contribution is -0.0777. The third-order valence-electron chi connectivity index (χ3n) is 3.73. The molecule has 0 aliphatic heterocycles. The fourth-order valence-corrected chi connectivity index (χ4v) is 2.68. The molecule has 20 heavy (non-hydrogen) atoms. The molecule has 5 nitrogen and oxygen atoms in total. The van der Waals surface area contributed by atoms with Crippen molar-refractivity contribution >= 4 is 0 Å². The molecule has 1 aromatic heterocycles. The van der Waals surface area contributed by atoms with Crippen molar-refractivity contribution in [1.29, 1.82) is 0 Å². The highest BCUT2D eigenvalue weighted by Crippen LogP contribution is 2.39. The van der Waals surface area contributed by atoms with Gasteiger partial charge >= 0.3 is 0 Å². The van der Waals surface area contributed by atoms with E-state index in [2.05, 4.69) is 36.2 Å². The second-order valence-corrected chi connectivity index (χ2v) is 6.60. The minimum absolute atomic E-state index is 0.0388. The molecule has 1 aliphatic carbocycles. The van der Waals surface area contributed by atoms with Crippen LogP contribution in [0.4, 0.5) is 0 Å². The van der Waals surface area contributed by atoms with Crippen molar-refractivity contribution in [2.45, 2.75) is 77.5 Å². The third kappa shape index (κ3) is 3.79. The van der Waals surface area contributed by atoms with Gasteiger partial charge in [0.15, 0.2) is 0 Å². The minimum atomic E-state index is -0.323. The lowest BCUT2D eigenvalue weighted by Gasteiger charge is -2.33. The molecule has 1 saturated carbocycles. The topological polar surface area (TPSA) is 60.2 Å². The van der Waals surface area contributed by atoms with E-state index in [-0.39, 0.29) is 11.1 Å². The molecule has 1 heterocycles. The van der Waals surface area contributed by atoms with E-state index in [9.17, 15) is 0 Å². The van der Waals surface area contributed by atoms with Crippen LogP contribution in [-0.2, 0) is 16.9 Å². The largest absolute Gasteiger partial charge is 0.367 e. The zero-order chi connectivity index (χ0) is 14.6. The molecule has 2 rings (SSSR count). The first-order chi connectivity index (χ1) is 9.45. The average Bonchev–Trinajstić information content (AvgIpc) is 2.86. The summed E-state index contributed by atoms with van der Waals surface area (Å²) in [6.45, 7) is 9.66. The van der Waals surface area contributed by atoms with Gasteiger partial charge in [0.2, 0.25) is 11.7 Å². The first-order valence-corrected chi connectivity index (χ1v) is 7.67. The monoisotopic (exact) mass is 281 g/mol. The van der Waals surface area contributed by atoms with E-state index in [0.29, 0.717) is 19.0 Å². The highest BCUT2D eigenvalue weighted by Gasteiger charge is 2.39. The Balaban J connectivity index is 2.08. The van der Waals surface area contributed by atoms with Crippen molar-refractivity contribution in [3.8, 4) is 0 Å². The number of hydrogen-bond donors (Lipinski definition) is 1. The molecule has 1 aliphatic rings. The molecule has 1 fully saturated rings. The van der Waals surface area contributed by atoms with E-state index >= 15 is 0 Å². The highest BCUT2D eigenvalue weighted by molar-refractivity contribution is 5.03. The maximum absolute atomic E-state index is 6.01. The quantitative estimate of drug-likeness (QED) is 0.898. The van der Waals surface area contributed by atoms with Gasteiger partial charge in [-0.3, -0.25) is 0 Å². The molecular formula is C15H27N3O2. The van der Waals surface area contributed by atoms with E-state index in [4.69, 9.17) is 9.26 Å². The van der Waals surface area contributed by atoms with Crippen LogP contribution in [0.15, 0.2) is 4.52 Å². The molecule has 0 amide bonds. The molecule has 0 atom stereocenters. The first kappa shape index (κ1) is 15.4. The SMILES string of the molecule is CCOC1(c2noc(CNC(C)(C)C)n2)CCCCC1. The van der Waals surface area contributed by atoms with Crippen LogP contribution in [0.25, 0.3) is 0 Å². The predicted molar refractivity (Wildman–Crippen MR) is 77.3 cm³/mol. The molecule has 114 valence electrons. The van der Waals surface area contributed by atoms with Gasteiger partial charge in [0, 0.05) is 12.1 Å². The van der Waals surface area contributed by atoms with Gasteiger partial charge in [-0.25, -0.2) is 0 Å². The molecule has 0 radical (unpaired) electrons. The summed E-state index contributed by atoms with van der Waals surface area (Å²) >= 11 is 0. The normalized spacial score (nSPS) is 19.2. The average molecular weight is 281 g/mol. The van der Waals surface area contributed by atoms with Gasteiger partial charge in [-0.15, -0.1) is 0 Å². The summed E-state index contributed by atoms with van der Waals surface area (Å²) < 4.78 is 11.4. The van der Waals surface area contributed by atoms with Crippen LogP contribution in [0.1, 0.15) is 71.5 Å². The highest BCUT2D eigenvalue weighted by atomic mass is 16.5. The van der Waals surface area contributed by atoms with Crippen LogP contribution < -0.4 is 5.32 Å². The van der Waals surface area contributed by atoms with Gasteiger partial charge in [0.05, 0.1) is 6.54 Å². The smallest absolute Gasteiger partial charge is 0.240 e. The Morgan fingerprint density at radius 1 is 1.25 bits per heavy atom. The number of hydrogen-bond acceptors (Lipinski definition) is 5. The number of rotatable bonds is 5. The lowest BCUT2D eigenvalue weighted by atomic mass is 9.84. The molecule has 0 unspecified atom stereocenters. The second-order valence-electron chi connectivity index (χ2n) is 6.60. The molecule has 0 saturated heterocycles. The molecule has 0 aromatic carbocycles. The summed E-state index contributed by atoms with van der Waals surface area (Å²) in [5, 5.41) is 7.54. The number of ether oxygens (including phenoxy) is 1. The Morgan fingerprint density at radius 3 is 2.55 bits per heavy atom. The van der Waals surface area contributed by atoms with Gasteiger partial charge in [0.25, 0.3) is 0 Å². The van der Waals surface area contributed by atoms with Crippen molar-refractivity contribution in [3.05, 3.63) is 11.7 Å². The number of nitrogens with one attached hydrogen (secondary N) is 1. The summed E-state index contributed by atoms with van der Waals surface area (Å²) in [5.41, 5.74) is -0.284. The number of nitrogens with zero attached hydrogens (tertiary/aromatic N) is 2. The fourth-order valence-electron chi connectivity index (χ4n) is 2.68. The zero-order valence-electron chi connectivity index (χ0n) is 13.2. The maximum Gasteiger partial charge on any atom is 0.240 e. The van der Waals surface area contributed by atoms with Crippen LogP contribution in [0, 0.1) is 0 Å². The van der Waals surface area contributed by atoms with Crippen LogP contribution in [0.5, 0.6) is 0 Å². The molecule has 1 N–H and O–H groups in total. The minimum Gasteiger partial charge on any atom is -0.367 e. The van der Waals surface area contributed by atoms with E-state index in [0.717, 1.165) is 18.7 Å². The summed E-state index contributed by atoms with van der Waals surface area (Å²) in [6.07, 6.45) is 5.60. The van der Waals surface area contributed by atoms with Gasteiger partial charge in [-0.05, 0) is 40.5 Å². The van der Waals surface area contributed by atoms with E-state index in [1.54, 1.807) is 0 Å². The van der Waals surface area contributed by atoms with E-state index in [1.165, 1.54) is 19.3 Å². The van der Waals surface area contributed by atoms with Gasteiger partial charge in [0.1, 0.15) is 5.60 Å². The Bertz CT molecular complexity index is 411. The van der Waals surface area contributed by atoms with Gasteiger partial charge < -0.3 is 14.6 Å². The molecule has 1 aromatic rings. The Hall–Kier alpha value is -0.940. The van der Waals surface area contributed by atoms with Crippen molar-refractivity contribution in [2.75, 3.05) is 6.61 Å². The van der Waals surface area contributed by atoms with E-state index in [1.807, 2.05) is 6.92 Å². The summed E-state index contributed by atoms with van der Waals surface area (Å²) in [6, 6.07) is 0.